The Morgan fingerprint density at radius 1 is 1.28 bits per heavy atom. The van der Waals surface area contributed by atoms with E-state index in [0.29, 0.717) is 23.8 Å². The minimum Gasteiger partial charge on any atom is -0.378 e. The number of halogens is 1. The van der Waals surface area contributed by atoms with Gasteiger partial charge in [-0.2, -0.15) is 0 Å². The van der Waals surface area contributed by atoms with Gasteiger partial charge in [0.25, 0.3) is 5.91 Å². The van der Waals surface area contributed by atoms with Crippen LogP contribution in [0.2, 0.25) is 5.02 Å². The molecule has 0 N–H and O–H groups in total. The topological polar surface area (TPSA) is 51.5 Å². The SMILES string of the molecule is COCc1c(C(=O)N2CCCCC2C)c(=O)cc(C)n1CCc1cccc(Cl)c1. The fourth-order valence-electron chi connectivity index (χ4n) is 4.13. The summed E-state index contributed by atoms with van der Waals surface area (Å²) in [7, 11) is 1.59. The molecule has 6 heteroatoms. The van der Waals surface area contributed by atoms with Crippen molar-refractivity contribution in [3.8, 4) is 0 Å². The highest BCUT2D eigenvalue weighted by atomic mass is 35.5. The number of hydrogen-bond donors (Lipinski definition) is 0. The minimum atomic E-state index is -0.226. The van der Waals surface area contributed by atoms with Gasteiger partial charge in [-0.05, 0) is 57.2 Å². The van der Waals surface area contributed by atoms with Gasteiger partial charge in [0, 0.05) is 43.0 Å². The van der Waals surface area contributed by atoms with Gasteiger partial charge in [-0.1, -0.05) is 23.7 Å². The maximum atomic E-state index is 13.3. The summed E-state index contributed by atoms with van der Waals surface area (Å²) in [6, 6.07) is 9.46. The highest BCUT2D eigenvalue weighted by molar-refractivity contribution is 6.30. The molecule has 1 aromatic carbocycles. The summed E-state index contributed by atoms with van der Waals surface area (Å²) in [6.07, 6.45) is 3.81. The first-order valence-electron chi connectivity index (χ1n) is 10.2. The summed E-state index contributed by atoms with van der Waals surface area (Å²) in [6.45, 7) is 5.51. The van der Waals surface area contributed by atoms with Crippen molar-refractivity contribution in [1.29, 1.82) is 0 Å². The Labute approximate surface area is 177 Å². The largest absolute Gasteiger partial charge is 0.378 e. The molecule has 1 aromatic heterocycles. The molecule has 0 bridgehead atoms. The lowest BCUT2D eigenvalue weighted by molar-refractivity contribution is 0.0627. The van der Waals surface area contributed by atoms with Crippen LogP contribution in [-0.4, -0.2) is 35.1 Å². The van der Waals surface area contributed by atoms with Crippen molar-refractivity contribution in [2.75, 3.05) is 13.7 Å². The Morgan fingerprint density at radius 2 is 2.07 bits per heavy atom. The minimum absolute atomic E-state index is 0.146. The lowest BCUT2D eigenvalue weighted by atomic mass is 10.0. The molecule has 1 aliphatic rings. The number of nitrogens with zero attached hydrogens (tertiary/aromatic N) is 2. The van der Waals surface area contributed by atoms with E-state index in [1.807, 2.05) is 40.7 Å². The van der Waals surface area contributed by atoms with E-state index in [1.54, 1.807) is 13.2 Å². The number of benzene rings is 1. The van der Waals surface area contributed by atoms with E-state index in [1.165, 1.54) is 0 Å². The number of amides is 1. The zero-order chi connectivity index (χ0) is 21.0. The van der Waals surface area contributed by atoms with E-state index in [4.69, 9.17) is 16.3 Å². The van der Waals surface area contributed by atoms with Gasteiger partial charge >= 0.3 is 0 Å². The van der Waals surface area contributed by atoms with Crippen molar-refractivity contribution in [2.24, 2.45) is 0 Å². The number of hydrogen-bond acceptors (Lipinski definition) is 3. The van der Waals surface area contributed by atoms with Crippen LogP contribution in [0.5, 0.6) is 0 Å². The van der Waals surface area contributed by atoms with Crippen LogP contribution >= 0.6 is 11.6 Å². The van der Waals surface area contributed by atoms with Gasteiger partial charge in [-0.25, -0.2) is 0 Å². The molecule has 1 amide bonds. The first-order chi connectivity index (χ1) is 13.9. The van der Waals surface area contributed by atoms with Crippen LogP contribution in [0.1, 0.15) is 53.5 Å². The molecule has 1 atom stereocenters. The highest BCUT2D eigenvalue weighted by Crippen LogP contribution is 2.21. The number of carbonyl (C=O) groups is 1. The third-order valence-corrected chi connectivity index (χ3v) is 5.93. The van der Waals surface area contributed by atoms with Gasteiger partial charge in [-0.15, -0.1) is 0 Å². The molecular formula is C23H29ClN2O3. The van der Waals surface area contributed by atoms with Crippen LogP contribution in [0.4, 0.5) is 0 Å². The second kappa shape index (κ2) is 9.59. The zero-order valence-electron chi connectivity index (χ0n) is 17.4. The molecule has 2 aromatic rings. The average Bonchev–Trinajstić information content (AvgIpc) is 2.68. The third-order valence-electron chi connectivity index (χ3n) is 5.70. The molecular weight excluding hydrogens is 388 g/mol. The summed E-state index contributed by atoms with van der Waals surface area (Å²) >= 11 is 6.11. The van der Waals surface area contributed by atoms with Gasteiger partial charge < -0.3 is 14.2 Å². The van der Waals surface area contributed by atoms with Crippen molar-refractivity contribution >= 4 is 17.5 Å². The number of methoxy groups -OCH3 is 1. The third kappa shape index (κ3) is 4.90. The molecule has 1 aliphatic heterocycles. The molecule has 0 aliphatic carbocycles. The first-order valence-corrected chi connectivity index (χ1v) is 10.6. The van der Waals surface area contributed by atoms with Gasteiger partial charge in [0.15, 0.2) is 5.43 Å². The molecule has 5 nitrogen and oxygen atoms in total. The lowest BCUT2D eigenvalue weighted by Crippen LogP contribution is -2.44. The summed E-state index contributed by atoms with van der Waals surface area (Å²) < 4.78 is 7.44. The Kier molecular flexibility index (Phi) is 7.14. The van der Waals surface area contributed by atoms with Crippen molar-refractivity contribution in [3.63, 3.8) is 0 Å². The van der Waals surface area contributed by atoms with E-state index in [0.717, 1.165) is 36.9 Å². The second-order valence-corrected chi connectivity index (χ2v) is 8.22. The molecule has 2 heterocycles. The van der Waals surface area contributed by atoms with E-state index in [9.17, 15) is 9.59 Å². The predicted molar refractivity (Wildman–Crippen MR) is 116 cm³/mol. The van der Waals surface area contributed by atoms with Crippen LogP contribution in [0.25, 0.3) is 0 Å². The van der Waals surface area contributed by atoms with Crippen LogP contribution in [0.3, 0.4) is 0 Å². The molecule has 0 saturated carbocycles. The van der Waals surface area contributed by atoms with Crippen molar-refractivity contribution < 1.29 is 9.53 Å². The van der Waals surface area contributed by atoms with E-state index < -0.39 is 0 Å². The highest BCUT2D eigenvalue weighted by Gasteiger charge is 2.29. The predicted octanol–water partition coefficient (Wildman–Crippen LogP) is 4.21. The number of ether oxygens (including phenoxy) is 1. The first kappa shape index (κ1) is 21.6. The molecule has 3 rings (SSSR count). The number of carbonyl (C=O) groups excluding carboxylic acids is 1. The molecule has 156 valence electrons. The number of aromatic nitrogens is 1. The standard InChI is InChI=1S/C23H29ClN2O3/c1-16-7-4-5-11-26(16)23(28)22-20(15-29-3)25(17(2)13-21(22)27)12-10-18-8-6-9-19(24)14-18/h6,8-9,13-14,16H,4-5,7,10-12,15H2,1-3H3. The Hall–Kier alpha value is -2.11. The molecule has 0 radical (unpaired) electrons. The average molecular weight is 417 g/mol. The maximum absolute atomic E-state index is 13.3. The quantitative estimate of drug-likeness (QED) is 0.708. The van der Waals surface area contributed by atoms with Crippen molar-refractivity contribution in [3.05, 3.63) is 68.1 Å². The van der Waals surface area contributed by atoms with Gasteiger partial charge in [0.1, 0.15) is 5.56 Å². The Balaban J connectivity index is 1.98. The van der Waals surface area contributed by atoms with Crippen LogP contribution < -0.4 is 5.43 Å². The van der Waals surface area contributed by atoms with Crippen LogP contribution in [0, 0.1) is 6.92 Å². The van der Waals surface area contributed by atoms with Crippen LogP contribution in [0.15, 0.2) is 35.1 Å². The zero-order valence-corrected chi connectivity index (χ0v) is 18.2. The molecule has 1 fully saturated rings. The van der Waals surface area contributed by atoms with Crippen molar-refractivity contribution in [1.82, 2.24) is 9.47 Å². The fourth-order valence-corrected chi connectivity index (χ4v) is 4.35. The van der Waals surface area contributed by atoms with E-state index >= 15 is 0 Å². The van der Waals surface area contributed by atoms with E-state index in [-0.39, 0.29) is 29.5 Å². The summed E-state index contributed by atoms with van der Waals surface area (Å²) in [4.78, 5) is 28.1. The number of likely N-dealkylation sites (tertiary alicyclic amines) is 1. The molecule has 29 heavy (non-hydrogen) atoms. The number of pyridine rings is 1. The number of piperidine rings is 1. The summed E-state index contributed by atoms with van der Waals surface area (Å²) in [5.41, 5.74) is 2.61. The Bertz CT molecular complexity index is 938. The van der Waals surface area contributed by atoms with Crippen LogP contribution in [-0.2, 0) is 24.3 Å². The monoisotopic (exact) mass is 416 g/mol. The van der Waals surface area contributed by atoms with Gasteiger partial charge in [0.05, 0.1) is 12.3 Å². The van der Waals surface area contributed by atoms with Gasteiger partial charge in [0.2, 0.25) is 0 Å². The maximum Gasteiger partial charge on any atom is 0.259 e. The number of aryl methyl sites for hydroxylation is 2. The molecule has 1 saturated heterocycles. The normalized spacial score (nSPS) is 16.8. The van der Waals surface area contributed by atoms with Gasteiger partial charge in [-0.3, -0.25) is 9.59 Å². The summed E-state index contributed by atoms with van der Waals surface area (Å²) in [5, 5.41) is 0.700. The second-order valence-electron chi connectivity index (χ2n) is 7.78. The fraction of sp³-hybridized carbons (Fsp3) is 0.478. The lowest BCUT2D eigenvalue weighted by Gasteiger charge is -2.34. The number of rotatable bonds is 6. The molecule has 1 unspecified atom stereocenters. The molecule has 0 spiro atoms. The summed E-state index contributed by atoms with van der Waals surface area (Å²) in [5.74, 6) is -0.175. The Morgan fingerprint density at radius 3 is 2.76 bits per heavy atom. The smallest absolute Gasteiger partial charge is 0.259 e. The van der Waals surface area contributed by atoms with Crippen molar-refractivity contribution in [2.45, 2.75) is 58.7 Å². The van der Waals surface area contributed by atoms with E-state index in [2.05, 4.69) is 6.92 Å².